The van der Waals surface area contributed by atoms with Gasteiger partial charge >= 0.3 is 6.09 Å². The molecule has 2 unspecified atom stereocenters. The Balaban J connectivity index is 3.70. The van der Waals surface area contributed by atoms with Crippen molar-refractivity contribution in [2.24, 2.45) is 5.92 Å². The number of ether oxygens (including phenoxy) is 1. The molecule has 0 saturated carbocycles. The fourth-order valence-electron chi connectivity index (χ4n) is 3.99. The first-order valence-electron chi connectivity index (χ1n) is 13.0. The summed E-state index contributed by atoms with van der Waals surface area (Å²) < 4.78 is 5.47. The molecule has 2 N–H and O–H groups in total. The average Bonchev–Trinajstić information content (AvgIpc) is 2.68. The first kappa shape index (κ1) is 31.5. The van der Waals surface area contributed by atoms with E-state index in [4.69, 9.17) is 4.74 Å². The predicted molar refractivity (Wildman–Crippen MR) is 146 cm³/mol. The third kappa shape index (κ3) is 9.47. The molecule has 0 fully saturated rings. The number of alkyl carbamates (subject to hydrolysis) is 1. The van der Waals surface area contributed by atoms with Gasteiger partial charge in [-0.15, -0.1) is 0 Å². The van der Waals surface area contributed by atoms with Crippen LogP contribution in [0, 0.1) is 12.8 Å². The topological polar surface area (TPSA) is 87.7 Å². The van der Waals surface area contributed by atoms with Gasteiger partial charge in [-0.3, -0.25) is 9.59 Å². The van der Waals surface area contributed by atoms with E-state index >= 15 is 0 Å². The van der Waals surface area contributed by atoms with Gasteiger partial charge in [0.1, 0.15) is 17.7 Å². The van der Waals surface area contributed by atoms with Crippen LogP contribution in [0.15, 0.2) is 24.3 Å². The first-order valence-corrected chi connectivity index (χ1v) is 13.0. The van der Waals surface area contributed by atoms with Crippen LogP contribution in [-0.4, -0.2) is 45.5 Å². The van der Waals surface area contributed by atoms with Crippen molar-refractivity contribution in [3.8, 4) is 0 Å². The zero-order valence-corrected chi connectivity index (χ0v) is 24.5. The third-order valence-electron chi connectivity index (χ3n) is 5.94. The van der Waals surface area contributed by atoms with E-state index in [1.165, 1.54) is 0 Å². The van der Waals surface area contributed by atoms with Gasteiger partial charge < -0.3 is 20.3 Å². The number of nitrogens with zero attached hydrogens (tertiary/aromatic N) is 1. The van der Waals surface area contributed by atoms with Crippen LogP contribution in [0.2, 0.25) is 0 Å². The van der Waals surface area contributed by atoms with Gasteiger partial charge in [0.2, 0.25) is 11.8 Å². The molecule has 7 heteroatoms. The third-order valence-corrected chi connectivity index (χ3v) is 5.94. The summed E-state index contributed by atoms with van der Waals surface area (Å²) in [4.78, 5) is 42.6. The van der Waals surface area contributed by atoms with E-state index in [0.29, 0.717) is 12.8 Å². The Morgan fingerprint density at radius 3 is 1.97 bits per heavy atom. The molecule has 0 aliphatic rings. The van der Waals surface area contributed by atoms with Crippen molar-refractivity contribution in [3.63, 3.8) is 0 Å². The van der Waals surface area contributed by atoms with Crippen molar-refractivity contribution >= 4 is 17.9 Å². The minimum absolute atomic E-state index is 0.126. The van der Waals surface area contributed by atoms with Crippen molar-refractivity contribution in [3.05, 3.63) is 35.4 Å². The maximum Gasteiger partial charge on any atom is 0.408 e. The van der Waals surface area contributed by atoms with Gasteiger partial charge in [-0.2, -0.15) is 0 Å². The summed E-state index contributed by atoms with van der Waals surface area (Å²) >= 11 is 0. The summed E-state index contributed by atoms with van der Waals surface area (Å²) in [7, 11) is 0. The summed E-state index contributed by atoms with van der Waals surface area (Å²) in [5.41, 5.74) is -0.195. The van der Waals surface area contributed by atoms with Crippen LogP contribution in [-0.2, 0) is 14.3 Å². The molecule has 1 aromatic carbocycles. The van der Waals surface area contributed by atoms with E-state index in [9.17, 15) is 14.4 Å². The monoisotopic (exact) mass is 503 g/mol. The maximum atomic E-state index is 14.4. The normalized spacial score (nSPS) is 14.1. The van der Waals surface area contributed by atoms with Crippen molar-refractivity contribution in [2.75, 3.05) is 0 Å². The highest BCUT2D eigenvalue weighted by molar-refractivity contribution is 5.93. The summed E-state index contributed by atoms with van der Waals surface area (Å²) in [6, 6.07) is 5.92. The SMILES string of the molecule is CCC(C)(C)N(C(=O)C(CC(C)C)NC(=O)OC(C)(C)C)C(C(=O)NC(C)(C)C)c1ccccc1C. The Hall–Kier alpha value is -2.57. The number of amides is 3. The van der Waals surface area contributed by atoms with Crippen molar-refractivity contribution in [1.29, 1.82) is 0 Å². The average molecular weight is 504 g/mol. The van der Waals surface area contributed by atoms with E-state index in [1.54, 1.807) is 25.7 Å². The molecule has 1 rings (SSSR count). The largest absolute Gasteiger partial charge is 0.444 e. The van der Waals surface area contributed by atoms with E-state index in [0.717, 1.165) is 11.1 Å². The number of hydrogen-bond donors (Lipinski definition) is 2. The van der Waals surface area contributed by atoms with E-state index in [1.807, 2.05) is 86.6 Å². The molecule has 7 nitrogen and oxygen atoms in total. The predicted octanol–water partition coefficient (Wildman–Crippen LogP) is 5.91. The maximum absolute atomic E-state index is 14.4. The number of carbonyl (C=O) groups excluding carboxylic acids is 3. The molecule has 0 aliphatic heterocycles. The van der Waals surface area contributed by atoms with Gasteiger partial charge in [0.25, 0.3) is 0 Å². The number of rotatable bonds is 9. The molecule has 0 bridgehead atoms. The Kier molecular flexibility index (Phi) is 10.6. The summed E-state index contributed by atoms with van der Waals surface area (Å²) in [5.74, 6) is -0.438. The number of aryl methyl sites for hydroxylation is 1. The minimum Gasteiger partial charge on any atom is -0.444 e. The van der Waals surface area contributed by atoms with Gasteiger partial charge in [-0.05, 0) is 92.2 Å². The van der Waals surface area contributed by atoms with Gasteiger partial charge in [-0.25, -0.2) is 4.79 Å². The van der Waals surface area contributed by atoms with Crippen LogP contribution in [0.25, 0.3) is 0 Å². The number of hydrogen-bond acceptors (Lipinski definition) is 4. The van der Waals surface area contributed by atoms with Crippen molar-refractivity contribution in [1.82, 2.24) is 15.5 Å². The highest BCUT2D eigenvalue weighted by Crippen LogP contribution is 2.34. The van der Waals surface area contributed by atoms with E-state index < -0.39 is 34.9 Å². The summed E-state index contributed by atoms with van der Waals surface area (Å²) in [6.45, 7) is 23.0. The molecule has 0 spiro atoms. The second kappa shape index (κ2) is 12.1. The van der Waals surface area contributed by atoms with Crippen LogP contribution in [0.5, 0.6) is 0 Å². The summed E-state index contributed by atoms with van der Waals surface area (Å²) in [6.07, 6.45) is 0.378. The molecular weight excluding hydrogens is 454 g/mol. The molecule has 36 heavy (non-hydrogen) atoms. The van der Waals surface area contributed by atoms with Crippen molar-refractivity contribution < 1.29 is 19.1 Å². The second-order valence-corrected chi connectivity index (χ2v) is 12.7. The standard InChI is InChI=1S/C29H49N3O4/c1-13-29(11,12)32(25(34)22(18-19(2)3)30-26(35)36-28(8,9)10)23(24(33)31-27(5,6)7)21-17-15-14-16-20(21)4/h14-17,19,22-23H,13,18H2,1-12H3,(H,30,35)(H,31,33). The fraction of sp³-hybridized carbons (Fsp3) is 0.690. The van der Waals surface area contributed by atoms with Crippen LogP contribution >= 0.6 is 0 Å². The smallest absolute Gasteiger partial charge is 0.408 e. The van der Waals surface area contributed by atoms with Gasteiger partial charge in [0, 0.05) is 11.1 Å². The quantitative estimate of drug-likeness (QED) is 0.439. The van der Waals surface area contributed by atoms with Gasteiger partial charge in [-0.1, -0.05) is 45.0 Å². The van der Waals surface area contributed by atoms with Gasteiger partial charge in [0.05, 0.1) is 0 Å². The van der Waals surface area contributed by atoms with Gasteiger partial charge in [0.15, 0.2) is 0 Å². The van der Waals surface area contributed by atoms with Crippen LogP contribution in [0.3, 0.4) is 0 Å². The molecule has 0 aromatic heterocycles. The zero-order chi connectivity index (χ0) is 28.1. The highest BCUT2D eigenvalue weighted by atomic mass is 16.6. The van der Waals surface area contributed by atoms with E-state index in [2.05, 4.69) is 10.6 Å². The molecular formula is C29H49N3O4. The zero-order valence-electron chi connectivity index (χ0n) is 24.5. The van der Waals surface area contributed by atoms with Crippen molar-refractivity contribution in [2.45, 2.75) is 125 Å². The lowest BCUT2D eigenvalue weighted by molar-refractivity contribution is -0.150. The van der Waals surface area contributed by atoms with Crippen LogP contribution < -0.4 is 10.6 Å². The molecule has 0 aliphatic carbocycles. The molecule has 0 radical (unpaired) electrons. The molecule has 204 valence electrons. The molecule has 0 saturated heterocycles. The lowest BCUT2D eigenvalue weighted by Gasteiger charge is -2.45. The lowest BCUT2D eigenvalue weighted by Crippen LogP contribution is -2.60. The molecule has 3 amide bonds. The Morgan fingerprint density at radius 2 is 1.53 bits per heavy atom. The second-order valence-electron chi connectivity index (χ2n) is 12.7. The molecule has 1 aromatic rings. The minimum atomic E-state index is -0.872. The number of nitrogens with one attached hydrogen (secondary N) is 2. The Labute approximate surface area is 218 Å². The van der Waals surface area contributed by atoms with E-state index in [-0.39, 0.29) is 17.7 Å². The molecule has 0 heterocycles. The van der Waals surface area contributed by atoms with Crippen LogP contribution in [0.1, 0.15) is 106 Å². The number of benzene rings is 1. The number of carbonyl (C=O) groups is 3. The Morgan fingerprint density at radius 1 is 0.972 bits per heavy atom. The summed E-state index contributed by atoms with van der Waals surface area (Å²) in [5, 5.41) is 5.89. The fourth-order valence-corrected chi connectivity index (χ4v) is 3.99. The lowest BCUT2D eigenvalue weighted by atomic mass is 9.89. The highest BCUT2D eigenvalue weighted by Gasteiger charge is 2.44. The van der Waals surface area contributed by atoms with Crippen LogP contribution in [0.4, 0.5) is 4.79 Å². The Bertz CT molecular complexity index is 910. The first-order chi connectivity index (χ1) is 16.3. The molecule has 2 atom stereocenters.